The van der Waals surface area contributed by atoms with E-state index in [9.17, 15) is 8.42 Å². The summed E-state index contributed by atoms with van der Waals surface area (Å²) in [5.41, 5.74) is 0.603. The summed E-state index contributed by atoms with van der Waals surface area (Å²) >= 11 is 0. The molecule has 20 heavy (non-hydrogen) atoms. The second-order valence-electron chi connectivity index (χ2n) is 5.54. The van der Waals surface area contributed by atoms with Crippen molar-refractivity contribution in [1.82, 2.24) is 4.72 Å². The Labute approximate surface area is 121 Å². The number of nitrogens with one attached hydrogen (secondary N) is 1. The highest BCUT2D eigenvalue weighted by molar-refractivity contribution is 7.90. The van der Waals surface area contributed by atoms with Crippen LogP contribution in [0.4, 0.5) is 0 Å². The van der Waals surface area contributed by atoms with Gasteiger partial charge in [0.2, 0.25) is 10.0 Å². The normalized spacial score (nSPS) is 13.7. The molecule has 0 aromatic heterocycles. The molecule has 0 saturated carbocycles. The van der Waals surface area contributed by atoms with E-state index >= 15 is 0 Å². The van der Waals surface area contributed by atoms with Crippen LogP contribution < -0.4 is 4.72 Å². The highest BCUT2D eigenvalue weighted by Gasteiger charge is 2.30. The Morgan fingerprint density at radius 2 is 1.90 bits per heavy atom. The Morgan fingerprint density at radius 3 is 2.40 bits per heavy atom. The third-order valence-corrected chi connectivity index (χ3v) is 5.21. The molecule has 0 radical (unpaired) electrons. The average molecular weight is 294 g/mol. The third-order valence-electron chi connectivity index (χ3n) is 3.19. The summed E-state index contributed by atoms with van der Waals surface area (Å²) in [6, 6.07) is 11.8. The standard InChI is InChI=1S/C15H22N2O2S/c1-4-14(12-16)20(18,19)17-15(2,3)11-10-13-8-6-5-7-9-13/h5-9,14,17H,4,10-11H2,1-3H3. The zero-order valence-corrected chi connectivity index (χ0v) is 13.1. The van der Waals surface area contributed by atoms with Gasteiger partial charge < -0.3 is 0 Å². The van der Waals surface area contributed by atoms with Crippen molar-refractivity contribution in [2.24, 2.45) is 0 Å². The van der Waals surface area contributed by atoms with Crippen molar-refractivity contribution in [2.75, 3.05) is 0 Å². The van der Waals surface area contributed by atoms with Crippen LogP contribution in [0.1, 0.15) is 39.2 Å². The fraction of sp³-hybridized carbons (Fsp3) is 0.533. The molecule has 110 valence electrons. The molecule has 1 N–H and O–H groups in total. The zero-order chi connectivity index (χ0) is 15.2. The first-order valence-corrected chi connectivity index (χ1v) is 8.31. The van der Waals surface area contributed by atoms with E-state index in [1.54, 1.807) is 6.92 Å². The Kier molecular flexibility index (Phi) is 5.73. The summed E-state index contributed by atoms with van der Waals surface area (Å²) in [5.74, 6) is 0. The second-order valence-corrected chi connectivity index (χ2v) is 7.41. The van der Waals surface area contributed by atoms with Crippen LogP contribution in [-0.4, -0.2) is 19.2 Å². The lowest BCUT2D eigenvalue weighted by Crippen LogP contribution is -2.47. The minimum atomic E-state index is -3.60. The van der Waals surface area contributed by atoms with Gasteiger partial charge in [-0.05, 0) is 38.7 Å². The predicted octanol–water partition coefficient (Wildman–Crippen LogP) is 2.62. The van der Waals surface area contributed by atoms with Gasteiger partial charge in [-0.3, -0.25) is 0 Å². The number of sulfonamides is 1. The molecular formula is C15H22N2O2S. The fourth-order valence-electron chi connectivity index (χ4n) is 1.99. The number of hydrogen-bond donors (Lipinski definition) is 1. The first-order chi connectivity index (χ1) is 9.30. The highest BCUT2D eigenvalue weighted by Crippen LogP contribution is 2.17. The van der Waals surface area contributed by atoms with E-state index in [1.807, 2.05) is 50.2 Å². The monoisotopic (exact) mass is 294 g/mol. The Bertz CT molecular complexity index is 559. The maximum absolute atomic E-state index is 12.1. The molecule has 1 atom stereocenters. The predicted molar refractivity (Wildman–Crippen MR) is 80.6 cm³/mol. The minimum Gasteiger partial charge on any atom is -0.211 e. The van der Waals surface area contributed by atoms with Crippen molar-refractivity contribution in [3.05, 3.63) is 35.9 Å². The van der Waals surface area contributed by atoms with Gasteiger partial charge >= 0.3 is 0 Å². The van der Waals surface area contributed by atoms with E-state index in [1.165, 1.54) is 5.56 Å². The average Bonchev–Trinajstić information content (AvgIpc) is 2.37. The molecule has 1 aromatic rings. The molecule has 1 unspecified atom stereocenters. The molecular weight excluding hydrogens is 272 g/mol. The summed E-state index contributed by atoms with van der Waals surface area (Å²) in [7, 11) is -3.60. The Balaban J connectivity index is 2.68. The summed E-state index contributed by atoms with van der Waals surface area (Å²) in [4.78, 5) is 0. The van der Waals surface area contributed by atoms with E-state index in [4.69, 9.17) is 5.26 Å². The summed E-state index contributed by atoms with van der Waals surface area (Å²) in [6.07, 6.45) is 1.76. The van der Waals surface area contributed by atoms with Crippen molar-refractivity contribution in [1.29, 1.82) is 5.26 Å². The van der Waals surface area contributed by atoms with Gasteiger partial charge in [0.1, 0.15) is 0 Å². The minimum absolute atomic E-state index is 0.292. The maximum atomic E-state index is 12.1. The molecule has 0 spiro atoms. The van der Waals surface area contributed by atoms with E-state index < -0.39 is 20.8 Å². The number of rotatable bonds is 7. The zero-order valence-electron chi connectivity index (χ0n) is 12.3. The van der Waals surface area contributed by atoms with Crippen molar-refractivity contribution in [3.63, 3.8) is 0 Å². The molecule has 1 rings (SSSR count). The molecule has 0 aliphatic heterocycles. The quantitative estimate of drug-likeness (QED) is 0.840. The molecule has 0 aliphatic carbocycles. The van der Waals surface area contributed by atoms with Crippen LogP contribution in [0.25, 0.3) is 0 Å². The molecule has 0 amide bonds. The molecule has 0 aliphatic rings. The van der Waals surface area contributed by atoms with Gasteiger partial charge in [0.05, 0.1) is 6.07 Å². The van der Waals surface area contributed by atoms with Gasteiger partial charge in [-0.1, -0.05) is 37.3 Å². The Morgan fingerprint density at radius 1 is 1.30 bits per heavy atom. The van der Waals surface area contributed by atoms with Gasteiger partial charge in [0, 0.05) is 5.54 Å². The topological polar surface area (TPSA) is 70.0 Å². The van der Waals surface area contributed by atoms with E-state index in [0.717, 1.165) is 6.42 Å². The van der Waals surface area contributed by atoms with Crippen molar-refractivity contribution < 1.29 is 8.42 Å². The van der Waals surface area contributed by atoms with Gasteiger partial charge in [-0.15, -0.1) is 0 Å². The number of aryl methyl sites for hydroxylation is 1. The molecule has 0 saturated heterocycles. The van der Waals surface area contributed by atoms with E-state index in [0.29, 0.717) is 12.8 Å². The first-order valence-electron chi connectivity index (χ1n) is 6.77. The van der Waals surface area contributed by atoms with Gasteiger partial charge in [0.15, 0.2) is 5.25 Å². The van der Waals surface area contributed by atoms with Crippen LogP contribution in [0.2, 0.25) is 0 Å². The van der Waals surface area contributed by atoms with Gasteiger partial charge in [-0.2, -0.15) is 5.26 Å². The van der Waals surface area contributed by atoms with Crippen molar-refractivity contribution in [3.8, 4) is 6.07 Å². The van der Waals surface area contributed by atoms with Crippen LogP contribution in [0.15, 0.2) is 30.3 Å². The second kappa shape index (κ2) is 6.87. The van der Waals surface area contributed by atoms with Crippen LogP contribution in [-0.2, 0) is 16.4 Å². The number of hydrogen-bond acceptors (Lipinski definition) is 3. The lowest BCUT2D eigenvalue weighted by atomic mass is 9.97. The number of nitrogens with zero attached hydrogens (tertiary/aromatic N) is 1. The van der Waals surface area contributed by atoms with Gasteiger partial charge in [0.25, 0.3) is 0 Å². The lowest BCUT2D eigenvalue weighted by Gasteiger charge is -2.27. The van der Waals surface area contributed by atoms with Gasteiger partial charge in [-0.25, -0.2) is 13.1 Å². The van der Waals surface area contributed by atoms with Crippen molar-refractivity contribution >= 4 is 10.0 Å². The first kappa shape index (κ1) is 16.7. The lowest BCUT2D eigenvalue weighted by molar-refractivity contribution is 0.420. The number of nitriles is 1. The van der Waals surface area contributed by atoms with E-state index in [-0.39, 0.29) is 0 Å². The SMILES string of the molecule is CCC(C#N)S(=O)(=O)NC(C)(C)CCc1ccccc1. The molecule has 4 nitrogen and oxygen atoms in total. The van der Waals surface area contributed by atoms with Crippen LogP contribution >= 0.6 is 0 Å². The molecule has 0 heterocycles. The Hall–Kier alpha value is -1.38. The van der Waals surface area contributed by atoms with Crippen LogP contribution in [0, 0.1) is 11.3 Å². The molecule has 1 aromatic carbocycles. The highest BCUT2D eigenvalue weighted by atomic mass is 32.2. The van der Waals surface area contributed by atoms with Crippen LogP contribution in [0.3, 0.4) is 0 Å². The maximum Gasteiger partial charge on any atom is 0.228 e. The van der Waals surface area contributed by atoms with E-state index in [2.05, 4.69) is 4.72 Å². The summed E-state index contributed by atoms with van der Waals surface area (Å²) in [6.45, 7) is 5.39. The summed E-state index contributed by atoms with van der Waals surface area (Å²) < 4.78 is 26.8. The van der Waals surface area contributed by atoms with Crippen LogP contribution in [0.5, 0.6) is 0 Å². The smallest absolute Gasteiger partial charge is 0.211 e. The molecule has 5 heteroatoms. The van der Waals surface area contributed by atoms with Crippen molar-refractivity contribution in [2.45, 2.75) is 50.8 Å². The fourth-order valence-corrected chi connectivity index (χ4v) is 3.58. The largest absolute Gasteiger partial charge is 0.228 e. The molecule has 0 fully saturated rings. The third kappa shape index (κ3) is 4.95. The number of benzene rings is 1. The molecule has 0 bridgehead atoms. The summed E-state index contributed by atoms with van der Waals surface area (Å²) in [5, 5.41) is 7.91.